The number of aryl methyl sites for hydroxylation is 2. The average Bonchev–Trinajstić information content (AvgIpc) is 3.30. The molecule has 0 N–H and O–H groups in total. The molecular formula is C21H23N5O6. The molecule has 1 aromatic carbocycles. The van der Waals surface area contributed by atoms with Crippen molar-refractivity contribution in [3.8, 4) is 17.2 Å². The highest BCUT2D eigenvalue weighted by Gasteiger charge is 2.26. The van der Waals surface area contributed by atoms with E-state index >= 15 is 0 Å². The van der Waals surface area contributed by atoms with E-state index in [0.717, 1.165) is 10.3 Å². The Hall–Kier alpha value is -4.02. The molecule has 0 saturated heterocycles. The van der Waals surface area contributed by atoms with Crippen molar-refractivity contribution in [2.45, 2.75) is 19.9 Å². The molecule has 1 unspecified atom stereocenters. The molecule has 0 aliphatic rings. The van der Waals surface area contributed by atoms with Crippen LogP contribution in [0.3, 0.4) is 0 Å². The van der Waals surface area contributed by atoms with E-state index < -0.39 is 23.3 Å². The van der Waals surface area contributed by atoms with E-state index in [4.69, 9.17) is 14.2 Å². The maximum atomic E-state index is 13.3. The first-order valence-electron chi connectivity index (χ1n) is 9.77. The Kier molecular flexibility index (Phi) is 5.03. The fraction of sp³-hybridized carbons (Fsp3) is 0.333. The summed E-state index contributed by atoms with van der Waals surface area (Å²) in [5.74, 6) is 0.897. The van der Waals surface area contributed by atoms with E-state index in [9.17, 15) is 14.4 Å². The fourth-order valence-electron chi connectivity index (χ4n) is 3.86. The van der Waals surface area contributed by atoms with Crippen molar-refractivity contribution in [1.29, 1.82) is 0 Å². The topological polar surface area (TPSA) is 111 Å². The summed E-state index contributed by atoms with van der Waals surface area (Å²) in [5, 5.41) is 0. The minimum atomic E-state index is -1.09. The van der Waals surface area contributed by atoms with Gasteiger partial charge in [-0.15, -0.1) is 0 Å². The normalized spacial score (nSPS) is 12.3. The van der Waals surface area contributed by atoms with Crippen LogP contribution in [0.15, 0.2) is 34.0 Å². The predicted octanol–water partition coefficient (Wildman–Crippen LogP) is 1.20. The summed E-state index contributed by atoms with van der Waals surface area (Å²) in [6, 6.07) is 4.25. The number of rotatable bonds is 5. The summed E-state index contributed by atoms with van der Waals surface area (Å²) >= 11 is 0. The molecule has 0 radical (unpaired) electrons. The first-order chi connectivity index (χ1) is 15.2. The number of hydrogen-bond donors (Lipinski definition) is 0. The van der Waals surface area contributed by atoms with Crippen LogP contribution >= 0.6 is 0 Å². The highest BCUT2D eigenvalue weighted by Crippen LogP contribution is 2.31. The van der Waals surface area contributed by atoms with Crippen LogP contribution in [0.5, 0.6) is 11.5 Å². The number of aromatic nitrogens is 5. The van der Waals surface area contributed by atoms with Crippen LogP contribution in [0.1, 0.15) is 18.7 Å². The minimum Gasteiger partial charge on any atom is -0.497 e. The Morgan fingerprint density at radius 1 is 1.12 bits per heavy atom. The van der Waals surface area contributed by atoms with Crippen LogP contribution in [-0.4, -0.2) is 50.4 Å². The predicted molar refractivity (Wildman–Crippen MR) is 116 cm³/mol. The number of esters is 1. The summed E-state index contributed by atoms with van der Waals surface area (Å²) in [7, 11) is 5.82. The molecule has 4 rings (SSSR count). The Morgan fingerprint density at radius 3 is 2.47 bits per heavy atom. The summed E-state index contributed by atoms with van der Waals surface area (Å²) in [5.41, 5.74) is 0.483. The molecule has 0 aliphatic carbocycles. The second kappa shape index (κ2) is 7.59. The van der Waals surface area contributed by atoms with Gasteiger partial charge in [0.2, 0.25) is 5.78 Å². The zero-order valence-corrected chi connectivity index (χ0v) is 18.6. The molecule has 1 atom stereocenters. The number of fused-ring (bicyclic) bond motifs is 3. The summed E-state index contributed by atoms with van der Waals surface area (Å²) in [4.78, 5) is 42.9. The van der Waals surface area contributed by atoms with E-state index in [-0.39, 0.29) is 11.2 Å². The molecule has 11 heteroatoms. The molecular weight excluding hydrogens is 418 g/mol. The zero-order chi connectivity index (χ0) is 23.3. The lowest BCUT2D eigenvalue weighted by Gasteiger charge is -2.13. The van der Waals surface area contributed by atoms with Crippen LogP contribution in [0, 0.1) is 6.92 Å². The minimum absolute atomic E-state index is 0.168. The molecule has 11 nitrogen and oxygen atoms in total. The molecule has 32 heavy (non-hydrogen) atoms. The second-order valence-corrected chi connectivity index (χ2v) is 7.31. The van der Waals surface area contributed by atoms with Crippen molar-refractivity contribution in [2.75, 3.05) is 21.3 Å². The fourth-order valence-corrected chi connectivity index (χ4v) is 3.86. The average molecular weight is 441 g/mol. The quantitative estimate of drug-likeness (QED) is 0.428. The number of hydrogen-bond acceptors (Lipinski definition) is 7. The zero-order valence-electron chi connectivity index (χ0n) is 18.6. The van der Waals surface area contributed by atoms with Crippen LogP contribution in [0.4, 0.5) is 0 Å². The molecule has 168 valence electrons. The number of ether oxygens (including phenoxy) is 3. The van der Waals surface area contributed by atoms with Crippen molar-refractivity contribution in [2.24, 2.45) is 7.05 Å². The van der Waals surface area contributed by atoms with Gasteiger partial charge in [-0.1, -0.05) is 0 Å². The van der Waals surface area contributed by atoms with Gasteiger partial charge in [0.05, 0.1) is 27.0 Å². The van der Waals surface area contributed by atoms with E-state index in [1.54, 1.807) is 47.6 Å². The molecule has 3 heterocycles. The van der Waals surface area contributed by atoms with Gasteiger partial charge < -0.3 is 14.2 Å². The molecule has 4 aromatic rings. The molecule has 0 fully saturated rings. The van der Waals surface area contributed by atoms with E-state index in [1.165, 1.54) is 25.6 Å². The van der Waals surface area contributed by atoms with Gasteiger partial charge in [-0.2, -0.15) is 4.98 Å². The van der Waals surface area contributed by atoms with Gasteiger partial charge in [0.1, 0.15) is 17.5 Å². The van der Waals surface area contributed by atoms with Crippen LogP contribution in [0.2, 0.25) is 0 Å². The molecule has 0 amide bonds. The number of benzene rings is 1. The van der Waals surface area contributed by atoms with Crippen molar-refractivity contribution >= 4 is 22.9 Å². The lowest BCUT2D eigenvalue weighted by Crippen LogP contribution is -2.43. The highest BCUT2D eigenvalue weighted by atomic mass is 16.5. The highest BCUT2D eigenvalue weighted by molar-refractivity contribution is 5.78. The van der Waals surface area contributed by atoms with Crippen molar-refractivity contribution in [3.63, 3.8) is 0 Å². The van der Waals surface area contributed by atoms with E-state index in [1.807, 2.05) is 6.92 Å². The van der Waals surface area contributed by atoms with Gasteiger partial charge in [-0.05, 0) is 26.0 Å². The standard InChI is InChI=1S/C21H23N5O6/c1-11-10-24-16-17(23(3)21(29)26(18(16)27)12(2)19(28)32-6)22-20(24)25(11)14-9-13(30-4)7-8-15(14)31-5/h7-10,12H,1-6H3. The molecule has 3 aromatic heterocycles. The monoisotopic (exact) mass is 441 g/mol. The third-order valence-corrected chi connectivity index (χ3v) is 5.53. The van der Waals surface area contributed by atoms with Crippen molar-refractivity contribution in [3.05, 3.63) is 50.9 Å². The first-order valence-corrected chi connectivity index (χ1v) is 9.77. The largest absolute Gasteiger partial charge is 0.497 e. The summed E-state index contributed by atoms with van der Waals surface area (Å²) < 4.78 is 21.1. The summed E-state index contributed by atoms with van der Waals surface area (Å²) in [6.45, 7) is 3.30. The number of carbonyl (C=O) groups excluding carboxylic acids is 1. The molecule has 0 saturated carbocycles. The van der Waals surface area contributed by atoms with Crippen LogP contribution in [0.25, 0.3) is 22.6 Å². The Labute approximate surface area is 182 Å². The van der Waals surface area contributed by atoms with Gasteiger partial charge >= 0.3 is 11.7 Å². The van der Waals surface area contributed by atoms with Crippen LogP contribution < -0.4 is 20.7 Å². The van der Waals surface area contributed by atoms with Gasteiger partial charge in [-0.25, -0.2) is 14.2 Å². The maximum Gasteiger partial charge on any atom is 0.333 e. The van der Waals surface area contributed by atoms with Gasteiger partial charge in [-0.3, -0.25) is 18.3 Å². The summed E-state index contributed by atoms with van der Waals surface area (Å²) in [6.07, 6.45) is 1.74. The first kappa shape index (κ1) is 21.2. The number of carbonyl (C=O) groups is 1. The lowest BCUT2D eigenvalue weighted by molar-refractivity contribution is -0.144. The SMILES string of the molecule is COC(=O)C(C)n1c(=O)c2c(nc3n(-c4cc(OC)ccc4OC)c(C)cn23)n(C)c1=O. The van der Waals surface area contributed by atoms with E-state index in [2.05, 4.69) is 4.98 Å². The Morgan fingerprint density at radius 2 is 1.84 bits per heavy atom. The van der Waals surface area contributed by atoms with Crippen molar-refractivity contribution < 1.29 is 19.0 Å². The molecule has 0 spiro atoms. The van der Waals surface area contributed by atoms with Gasteiger partial charge in [0.15, 0.2) is 11.2 Å². The number of imidazole rings is 2. The maximum absolute atomic E-state index is 13.3. The third kappa shape index (κ3) is 2.88. The molecule has 0 bridgehead atoms. The number of nitrogens with zero attached hydrogens (tertiary/aromatic N) is 5. The smallest absolute Gasteiger partial charge is 0.333 e. The number of methoxy groups -OCH3 is 3. The third-order valence-electron chi connectivity index (χ3n) is 5.53. The molecule has 0 aliphatic heterocycles. The van der Waals surface area contributed by atoms with Crippen molar-refractivity contribution in [1.82, 2.24) is 23.1 Å². The van der Waals surface area contributed by atoms with Gasteiger partial charge in [0.25, 0.3) is 5.56 Å². The van der Waals surface area contributed by atoms with Gasteiger partial charge in [0, 0.05) is 25.0 Å². The Balaban J connectivity index is 2.11. The van der Waals surface area contributed by atoms with Crippen LogP contribution in [-0.2, 0) is 16.6 Å². The lowest BCUT2D eigenvalue weighted by atomic mass is 10.2. The van der Waals surface area contributed by atoms with E-state index in [0.29, 0.717) is 23.0 Å². The Bertz CT molecular complexity index is 1490. The second-order valence-electron chi connectivity index (χ2n) is 7.31.